The van der Waals surface area contributed by atoms with Gasteiger partial charge in [0.25, 0.3) is 0 Å². The van der Waals surface area contributed by atoms with Gasteiger partial charge in [-0.2, -0.15) is 0 Å². The summed E-state index contributed by atoms with van der Waals surface area (Å²) in [7, 11) is 1.67. The molecular weight excluding hydrogens is 382 g/mol. The van der Waals surface area contributed by atoms with Crippen LogP contribution in [0, 0.1) is 0 Å². The van der Waals surface area contributed by atoms with Crippen molar-refractivity contribution in [3.63, 3.8) is 0 Å². The number of nitrogens with one attached hydrogen (secondary N) is 1. The highest BCUT2D eigenvalue weighted by Gasteiger charge is 2.30. The van der Waals surface area contributed by atoms with Gasteiger partial charge in [-0.3, -0.25) is 0 Å². The Balaban J connectivity index is 1.41. The number of fused-ring (bicyclic) bond motifs is 1. The second-order valence-corrected chi connectivity index (χ2v) is 7.87. The Hall–Kier alpha value is -2.54. The van der Waals surface area contributed by atoms with E-state index in [-0.39, 0.29) is 6.61 Å². The molecule has 2 aromatic rings. The van der Waals surface area contributed by atoms with Crippen LogP contribution in [0.2, 0.25) is 0 Å². The molecule has 3 N–H and O–H groups in total. The molecule has 0 amide bonds. The highest BCUT2D eigenvalue weighted by atomic mass is 16.7. The number of hydrogen-bond donors (Lipinski definition) is 3. The Morgan fingerprint density at radius 1 is 1.10 bits per heavy atom. The van der Waals surface area contributed by atoms with Crippen LogP contribution >= 0.6 is 0 Å². The molecule has 0 aromatic heterocycles. The molecule has 6 heteroatoms. The van der Waals surface area contributed by atoms with Gasteiger partial charge in [0.2, 0.25) is 6.29 Å². The number of aryl methyl sites for hydroxylation is 1. The van der Waals surface area contributed by atoms with Gasteiger partial charge in [-0.1, -0.05) is 18.2 Å². The number of aliphatic hydroxyl groups is 2. The highest BCUT2D eigenvalue weighted by molar-refractivity contribution is 5.62. The summed E-state index contributed by atoms with van der Waals surface area (Å²) >= 11 is 0. The highest BCUT2D eigenvalue weighted by Crippen LogP contribution is 2.35. The van der Waals surface area contributed by atoms with Crippen LogP contribution in [-0.4, -0.2) is 42.4 Å². The van der Waals surface area contributed by atoms with Crippen molar-refractivity contribution in [2.75, 3.05) is 19.0 Å². The lowest BCUT2D eigenvalue weighted by Crippen LogP contribution is -2.40. The predicted molar refractivity (Wildman–Crippen MR) is 115 cm³/mol. The van der Waals surface area contributed by atoms with E-state index >= 15 is 0 Å². The second kappa shape index (κ2) is 9.51. The first-order valence-electron chi connectivity index (χ1n) is 10.4. The van der Waals surface area contributed by atoms with Gasteiger partial charge >= 0.3 is 0 Å². The molecule has 6 nitrogen and oxygen atoms in total. The number of ether oxygens (including phenoxy) is 3. The molecule has 1 fully saturated rings. The van der Waals surface area contributed by atoms with Gasteiger partial charge in [0, 0.05) is 36.7 Å². The van der Waals surface area contributed by atoms with Crippen molar-refractivity contribution < 1.29 is 24.4 Å². The van der Waals surface area contributed by atoms with Gasteiger partial charge in [-0.05, 0) is 48.2 Å². The molecule has 0 spiro atoms. The Bertz CT molecular complexity index is 880. The molecule has 160 valence electrons. The summed E-state index contributed by atoms with van der Waals surface area (Å²) in [6.07, 6.45) is 4.12. The molecule has 0 aliphatic carbocycles. The second-order valence-electron chi connectivity index (χ2n) is 7.87. The summed E-state index contributed by atoms with van der Waals surface area (Å²) in [5, 5.41) is 22.8. The topological polar surface area (TPSA) is 80.2 Å². The summed E-state index contributed by atoms with van der Waals surface area (Å²) < 4.78 is 17.1. The summed E-state index contributed by atoms with van der Waals surface area (Å²) in [6.45, 7) is -0.121. The standard InChI is InChI=1S/C24H29NO5/c1-28-19-9-7-16(8-10-19)5-6-17-11-21-22(25-14-17)3-2-4-23(21)30-24-13-18(27)12-20(15-26)29-24/h2-4,7-10,14,18,20,24-27H,5-6,11-13,15H2,1H3. The third-order valence-electron chi connectivity index (χ3n) is 5.67. The van der Waals surface area contributed by atoms with E-state index in [0.29, 0.717) is 12.8 Å². The van der Waals surface area contributed by atoms with E-state index in [2.05, 4.69) is 23.6 Å². The van der Waals surface area contributed by atoms with Crippen LogP contribution in [0.25, 0.3) is 0 Å². The summed E-state index contributed by atoms with van der Waals surface area (Å²) in [5.74, 6) is 1.62. The number of aliphatic hydroxyl groups excluding tert-OH is 2. The molecule has 4 rings (SSSR count). The minimum atomic E-state index is -0.564. The third-order valence-corrected chi connectivity index (χ3v) is 5.67. The fourth-order valence-corrected chi connectivity index (χ4v) is 3.99. The average Bonchev–Trinajstić information content (AvgIpc) is 2.78. The van der Waals surface area contributed by atoms with Gasteiger partial charge in [-0.25, -0.2) is 0 Å². The van der Waals surface area contributed by atoms with Gasteiger partial charge < -0.3 is 29.7 Å². The molecule has 0 saturated carbocycles. The molecular formula is C24H29NO5. The van der Waals surface area contributed by atoms with Crippen molar-refractivity contribution >= 4 is 5.69 Å². The van der Waals surface area contributed by atoms with Crippen LogP contribution in [-0.2, 0) is 17.6 Å². The normalized spacial score (nSPS) is 23.2. The maximum absolute atomic E-state index is 10.1. The molecule has 3 atom stereocenters. The van der Waals surface area contributed by atoms with Crippen molar-refractivity contribution in [2.24, 2.45) is 0 Å². The van der Waals surface area contributed by atoms with E-state index < -0.39 is 18.5 Å². The minimum Gasteiger partial charge on any atom is -0.497 e. The van der Waals surface area contributed by atoms with E-state index in [9.17, 15) is 10.2 Å². The Morgan fingerprint density at radius 3 is 2.70 bits per heavy atom. The summed E-state index contributed by atoms with van der Waals surface area (Å²) in [5.41, 5.74) is 4.68. The van der Waals surface area contributed by atoms with E-state index in [1.54, 1.807) is 7.11 Å². The van der Waals surface area contributed by atoms with E-state index in [1.165, 1.54) is 11.1 Å². The van der Waals surface area contributed by atoms with Gasteiger partial charge in [0.1, 0.15) is 11.5 Å². The molecule has 2 aromatic carbocycles. The van der Waals surface area contributed by atoms with Gasteiger partial charge in [-0.15, -0.1) is 0 Å². The zero-order valence-corrected chi connectivity index (χ0v) is 17.2. The number of rotatable bonds is 7. The lowest BCUT2D eigenvalue weighted by atomic mass is 9.95. The van der Waals surface area contributed by atoms with Crippen LogP contribution in [0.1, 0.15) is 30.4 Å². The predicted octanol–water partition coefficient (Wildman–Crippen LogP) is 3.42. The first-order chi connectivity index (χ1) is 14.6. The van der Waals surface area contributed by atoms with Crippen LogP contribution in [0.15, 0.2) is 54.2 Å². The molecule has 2 aliphatic heterocycles. The average molecular weight is 411 g/mol. The molecule has 0 radical (unpaired) electrons. The molecule has 2 heterocycles. The maximum Gasteiger partial charge on any atom is 0.202 e. The van der Waals surface area contributed by atoms with Crippen LogP contribution < -0.4 is 14.8 Å². The fraction of sp³-hybridized carbons (Fsp3) is 0.417. The quantitative estimate of drug-likeness (QED) is 0.648. The largest absolute Gasteiger partial charge is 0.497 e. The monoisotopic (exact) mass is 411 g/mol. The van der Waals surface area contributed by atoms with Gasteiger partial charge in [0.15, 0.2) is 0 Å². The number of allylic oxidation sites excluding steroid dienone is 1. The number of methoxy groups -OCH3 is 1. The maximum atomic E-state index is 10.1. The van der Waals surface area contributed by atoms with Crippen LogP contribution in [0.4, 0.5) is 5.69 Å². The third kappa shape index (κ3) is 4.95. The van der Waals surface area contributed by atoms with E-state index in [4.69, 9.17) is 14.2 Å². The number of anilines is 1. The van der Waals surface area contributed by atoms with Crippen LogP contribution in [0.5, 0.6) is 11.5 Å². The minimum absolute atomic E-state index is 0.121. The number of benzene rings is 2. The van der Waals surface area contributed by atoms with Crippen molar-refractivity contribution in [3.05, 3.63) is 65.4 Å². The van der Waals surface area contributed by atoms with Gasteiger partial charge in [0.05, 0.1) is 25.9 Å². The van der Waals surface area contributed by atoms with Crippen molar-refractivity contribution in [2.45, 2.75) is 50.6 Å². The summed E-state index contributed by atoms with van der Waals surface area (Å²) in [6, 6.07) is 14.1. The van der Waals surface area contributed by atoms with Crippen LogP contribution in [0.3, 0.4) is 0 Å². The lowest BCUT2D eigenvalue weighted by Gasteiger charge is -2.33. The fourth-order valence-electron chi connectivity index (χ4n) is 3.99. The SMILES string of the molecule is COc1ccc(CCC2=CNc3cccc(OC4CC(O)CC(CO)O4)c3C2)cc1. The summed E-state index contributed by atoms with van der Waals surface area (Å²) in [4.78, 5) is 0. The van der Waals surface area contributed by atoms with Crippen molar-refractivity contribution in [1.29, 1.82) is 0 Å². The Labute approximate surface area is 177 Å². The number of hydrogen-bond acceptors (Lipinski definition) is 6. The zero-order valence-electron chi connectivity index (χ0n) is 17.2. The molecule has 1 saturated heterocycles. The molecule has 30 heavy (non-hydrogen) atoms. The molecule has 2 aliphatic rings. The molecule has 0 bridgehead atoms. The Morgan fingerprint density at radius 2 is 1.93 bits per heavy atom. The van der Waals surface area contributed by atoms with Crippen molar-refractivity contribution in [3.8, 4) is 11.5 Å². The lowest BCUT2D eigenvalue weighted by molar-refractivity contribution is -0.184. The van der Waals surface area contributed by atoms with E-state index in [1.807, 2.05) is 30.3 Å². The first kappa shape index (κ1) is 20.7. The molecule has 3 unspecified atom stereocenters. The van der Waals surface area contributed by atoms with Crippen molar-refractivity contribution in [1.82, 2.24) is 0 Å². The van der Waals surface area contributed by atoms with E-state index in [0.717, 1.165) is 42.0 Å². The smallest absolute Gasteiger partial charge is 0.202 e. The Kier molecular flexibility index (Phi) is 6.57. The zero-order chi connectivity index (χ0) is 20.9. The first-order valence-corrected chi connectivity index (χ1v) is 10.4.